The molecule has 0 unspecified atom stereocenters. The van der Waals surface area contributed by atoms with E-state index in [-0.39, 0.29) is 16.8 Å². The number of hydrogen-bond acceptors (Lipinski definition) is 3. The zero-order valence-corrected chi connectivity index (χ0v) is 14.1. The Kier molecular flexibility index (Phi) is 3.44. The monoisotopic (exact) mass is 314 g/mol. The molecule has 23 heavy (non-hydrogen) atoms. The fourth-order valence-corrected chi connectivity index (χ4v) is 5.56. The molecule has 124 valence electrons. The van der Waals surface area contributed by atoms with Crippen LogP contribution < -0.4 is 0 Å². The van der Waals surface area contributed by atoms with Gasteiger partial charge in [0.1, 0.15) is 6.61 Å². The van der Waals surface area contributed by atoms with Crippen LogP contribution in [0.5, 0.6) is 0 Å². The van der Waals surface area contributed by atoms with Crippen molar-refractivity contribution >= 4 is 5.97 Å². The number of carbonyl (C=O) groups excluding carboxylic acids is 1. The third kappa shape index (κ3) is 2.12. The van der Waals surface area contributed by atoms with Crippen molar-refractivity contribution < 1.29 is 13.9 Å². The van der Waals surface area contributed by atoms with Crippen molar-refractivity contribution in [2.24, 2.45) is 22.7 Å². The van der Waals surface area contributed by atoms with E-state index in [2.05, 4.69) is 26.0 Å². The maximum atomic E-state index is 12.2. The van der Waals surface area contributed by atoms with Crippen molar-refractivity contribution in [3.8, 4) is 0 Å². The topological polar surface area (TPSA) is 39.4 Å². The number of allylic oxidation sites excluding steroid dienone is 1. The van der Waals surface area contributed by atoms with Gasteiger partial charge in [-0.1, -0.05) is 19.9 Å². The zero-order chi connectivity index (χ0) is 16.1. The van der Waals surface area contributed by atoms with E-state index in [1.165, 1.54) is 18.4 Å². The van der Waals surface area contributed by atoms with E-state index in [0.29, 0.717) is 18.4 Å². The summed E-state index contributed by atoms with van der Waals surface area (Å²) in [5.41, 5.74) is 2.52. The molecule has 1 spiro atoms. The number of ether oxygens (including phenoxy) is 1. The number of aryl methyl sites for hydroxylation is 1. The predicted octanol–water partition coefficient (Wildman–Crippen LogP) is 4.53. The summed E-state index contributed by atoms with van der Waals surface area (Å²) < 4.78 is 10.7. The minimum Gasteiger partial charge on any atom is -0.472 e. The second-order valence-electron chi connectivity index (χ2n) is 8.06. The third-order valence-electron chi connectivity index (χ3n) is 7.17. The van der Waals surface area contributed by atoms with Gasteiger partial charge in [0.15, 0.2) is 0 Å². The van der Waals surface area contributed by atoms with Crippen molar-refractivity contribution in [1.29, 1.82) is 0 Å². The van der Waals surface area contributed by atoms with E-state index in [9.17, 15) is 4.79 Å². The van der Waals surface area contributed by atoms with Gasteiger partial charge in [0.05, 0.1) is 12.5 Å². The van der Waals surface area contributed by atoms with Crippen molar-refractivity contribution in [3.63, 3.8) is 0 Å². The first-order chi connectivity index (χ1) is 11.1. The highest BCUT2D eigenvalue weighted by Crippen LogP contribution is 2.63. The van der Waals surface area contributed by atoms with E-state index in [1.807, 2.05) is 6.26 Å². The van der Waals surface area contributed by atoms with E-state index >= 15 is 0 Å². The molecule has 2 heterocycles. The van der Waals surface area contributed by atoms with Crippen molar-refractivity contribution in [2.75, 3.05) is 6.61 Å². The Bertz CT molecular complexity index is 629. The van der Waals surface area contributed by atoms with E-state index < -0.39 is 0 Å². The highest BCUT2D eigenvalue weighted by Gasteiger charge is 2.60. The molecule has 0 N–H and O–H groups in total. The van der Waals surface area contributed by atoms with Crippen LogP contribution in [0.25, 0.3) is 0 Å². The lowest BCUT2D eigenvalue weighted by atomic mass is 9.47. The van der Waals surface area contributed by atoms with Crippen LogP contribution in [-0.2, 0) is 16.0 Å². The number of rotatable bonds is 3. The Hall–Kier alpha value is -1.51. The maximum Gasteiger partial charge on any atom is 0.334 e. The smallest absolute Gasteiger partial charge is 0.334 e. The molecule has 1 aliphatic heterocycles. The van der Waals surface area contributed by atoms with Gasteiger partial charge in [-0.15, -0.1) is 0 Å². The number of esters is 1. The van der Waals surface area contributed by atoms with E-state index in [1.54, 1.807) is 6.26 Å². The summed E-state index contributed by atoms with van der Waals surface area (Å²) >= 11 is 0. The van der Waals surface area contributed by atoms with Crippen LogP contribution >= 0.6 is 0 Å². The SMILES string of the molecule is C[C@H]1CC[C@@]23COC(=O)C2=CCC[C@@H]3[C@]1(C)CCc1ccoc1. The Morgan fingerprint density at radius 2 is 2.22 bits per heavy atom. The number of hydrogen-bond donors (Lipinski definition) is 0. The highest BCUT2D eigenvalue weighted by atomic mass is 16.5. The molecule has 0 aromatic carbocycles. The Balaban J connectivity index is 1.65. The summed E-state index contributed by atoms with van der Waals surface area (Å²) in [7, 11) is 0. The van der Waals surface area contributed by atoms with Gasteiger partial charge in [-0.05, 0) is 67.4 Å². The summed E-state index contributed by atoms with van der Waals surface area (Å²) in [5, 5.41) is 0. The lowest BCUT2D eigenvalue weighted by molar-refractivity contribution is -0.135. The standard InChI is InChI=1S/C20H26O3/c1-14-6-10-20-13-23-18(21)16(20)4-3-5-17(20)19(14,2)9-7-15-8-11-22-12-15/h4,8,11-12,14,17H,3,5-7,9-10,13H2,1-2H3/t14-,17+,19+,20+/m0/s1. The van der Waals surface area contributed by atoms with Gasteiger partial charge in [-0.3, -0.25) is 0 Å². The Morgan fingerprint density at radius 1 is 1.35 bits per heavy atom. The average Bonchev–Trinajstić information content (AvgIpc) is 3.18. The van der Waals surface area contributed by atoms with Crippen LogP contribution in [0.2, 0.25) is 0 Å². The van der Waals surface area contributed by atoms with Gasteiger partial charge in [-0.25, -0.2) is 4.79 Å². The molecule has 1 aromatic rings. The first kappa shape index (κ1) is 15.0. The van der Waals surface area contributed by atoms with E-state index in [0.717, 1.165) is 31.3 Å². The molecule has 0 radical (unpaired) electrons. The van der Waals surface area contributed by atoms with Crippen molar-refractivity contribution in [1.82, 2.24) is 0 Å². The van der Waals surface area contributed by atoms with Crippen LogP contribution in [0.3, 0.4) is 0 Å². The number of carbonyl (C=O) groups is 1. The van der Waals surface area contributed by atoms with Crippen LogP contribution in [0.15, 0.2) is 34.7 Å². The fourth-order valence-electron chi connectivity index (χ4n) is 5.56. The van der Waals surface area contributed by atoms with E-state index in [4.69, 9.17) is 9.15 Å². The molecule has 4 atom stereocenters. The van der Waals surface area contributed by atoms with Crippen molar-refractivity contribution in [3.05, 3.63) is 35.8 Å². The first-order valence-electron chi connectivity index (χ1n) is 8.95. The molecule has 1 saturated carbocycles. The summed E-state index contributed by atoms with van der Waals surface area (Å²) in [4.78, 5) is 12.2. The number of furan rings is 1. The summed E-state index contributed by atoms with van der Waals surface area (Å²) in [6.07, 6.45) is 12.5. The van der Waals surface area contributed by atoms with Crippen molar-refractivity contribution in [2.45, 2.75) is 52.4 Å². The predicted molar refractivity (Wildman–Crippen MR) is 87.7 cm³/mol. The van der Waals surface area contributed by atoms with Gasteiger partial charge >= 0.3 is 5.97 Å². The lowest BCUT2D eigenvalue weighted by Gasteiger charge is -2.56. The quantitative estimate of drug-likeness (QED) is 0.770. The molecule has 0 bridgehead atoms. The summed E-state index contributed by atoms with van der Waals surface area (Å²) in [5.74, 6) is 1.18. The average molecular weight is 314 g/mol. The fraction of sp³-hybridized carbons (Fsp3) is 0.650. The normalized spacial score (nSPS) is 39.4. The van der Waals surface area contributed by atoms with Crippen LogP contribution in [0.4, 0.5) is 0 Å². The molecule has 4 rings (SSSR count). The minimum atomic E-state index is -0.0542. The zero-order valence-electron chi connectivity index (χ0n) is 14.1. The molecular formula is C20H26O3. The molecule has 1 saturated heterocycles. The van der Waals surface area contributed by atoms with Crippen LogP contribution in [-0.4, -0.2) is 12.6 Å². The molecule has 3 heteroatoms. The molecule has 3 nitrogen and oxygen atoms in total. The molecular weight excluding hydrogens is 288 g/mol. The highest BCUT2D eigenvalue weighted by molar-refractivity contribution is 5.92. The molecule has 2 aliphatic carbocycles. The number of cyclic esters (lactones) is 1. The molecule has 0 amide bonds. The van der Waals surface area contributed by atoms with Gasteiger partial charge in [0.2, 0.25) is 0 Å². The van der Waals surface area contributed by atoms with Crippen LogP contribution in [0.1, 0.15) is 51.5 Å². The summed E-state index contributed by atoms with van der Waals surface area (Å²) in [6, 6.07) is 2.07. The van der Waals surface area contributed by atoms with Gasteiger partial charge in [0.25, 0.3) is 0 Å². The Labute approximate surface area is 138 Å². The first-order valence-corrected chi connectivity index (χ1v) is 8.95. The largest absolute Gasteiger partial charge is 0.472 e. The van der Waals surface area contributed by atoms with Gasteiger partial charge in [0, 0.05) is 11.0 Å². The Morgan fingerprint density at radius 3 is 3.00 bits per heavy atom. The minimum absolute atomic E-state index is 0.00695. The van der Waals surface area contributed by atoms with Gasteiger partial charge < -0.3 is 9.15 Å². The second kappa shape index (κ2) is 5.25. The molecule has 2 fully saturated rings. The third-order valence-corrected chi connectivity index (χ3v) is 7.17. The lowest BCUT2D eigenvalue weighted by Crippen LogP contribution is -2.51. The second-order valence-corrected chi connectivity index (χ2v) is 8.06. The van der Waals surface area contributed by atoms with Gasteiger partial charge in [-0.2, -0.15) is 0 Å². The summed E-state index contributed by atoms with van der Waals surface area (Å²) in [6.45, 7) is 5.46. The molecule has 1 aromatic heterocycles. The maximum absolute atomic E-state index is 12.2. The molecule has 3 aliphatic rings. The van der Waals surface area contributed by atoms with Crippen LogP contribution in [0, 0.1) is 22.7 Å².